The topological polar surface area (TPSA) is 66.6 Å². The molecular formula is C15H14N2O2S. The zero-order valence-corrected chi connectivity index (χ0v) is 11.7. The number of hydrogen-bond acceptors (Lipinski definition) is 3. The molecule has 0 saturated carbocycles. The fraction of sp³-hybridized carbons (Fsp3) is 0.0667. The van der Waals surface area contributed by atoms with Crippen LogP contribution in [0.1, 0.15) is 15.9 Å². The fourth-order valence-corrected chi connectivity index (χ4v) is 2.09. The van der Waals surface area contributed by atoms with Crippen molar-refractivity contribution in [2.24, 2.45) is 5.73 Å². The Kier molecular flexibility index (Phi) is 4.00. The Morgan fingerprint density at radius 3 is 2.25 bits per heavy atom. The molecule has 20 heavy (non-hydrogen) atoms. The first-order chi connectivity index (χ1) is 9.52. The van der Waals surface area contributed by atoms with E-state index in [0.29, 0.717) is 11.3 Å². The van der Waals surface area contributed by atoms with Crippen LogP contribution < -0.4 is 10.6 Å². The number of para-hydroxylation sites is 2. The van der Waals surface area contributed by atoms with Gasteiger partial charge in [-0.1, -0.05) is 36.5 Å². The van der Waals surface area contributed by atoms with Crippen LogP contribution in [0.15, 0.2) is 48.5 Å². The Hall–Kier alpha value is -2.40. The molecule has 0 fully saturated rings. The minimum atomic E-state index is -0.327. The highest BCUT2D eigenvalue weighted by Gasteiger charge is 2.19. The Balaban J connectivity index is 2.42. The molecule has 0 atom stereocenters. The van der Waals surface area contributed by atoms with E-state index in [1.54, 1.807) is 49.5 Å². The van der Waals surface area contributed by atoms with Crippen LogP contribution in [0.5, 0.6) is 5.75 Å². The molecular weight excluding hydrogens is 272 g/mol. The van der Waals surface area contributed by atoms with Gasteiger partial charge < -0.3 is 15.7 Å². The summed E-state index contributed by atoms with van der Waals surface area (Å²) in [5.41, 5.74) is 7.12. The van der Waals surface area contributed by atoms with Crippen molar-refractivity contribution < 1.29 is 9.90 Å². The summed E-state index contributed by atoms with van der Waals surface area (Å²) in [7, 11) is 1.62. The van der Waals surface area contributed by atoms with Crippen molar-refractivity contribution in [2.75, 3.05) is 11.9 Å². The monoisotopic (exact) mass is 286 g/mol. The van der Waals surface area contributed by atoms with Gasteiger partial charge in [0.1, 0.15) is 10.7 Å². The number of anilines is 1. The maximum atomic E-state index is 12.4. The lowest BCUT2D eigenvalue weighted by Gasteiger charge is -2.20. The van der Waals surface area contributed by atoms with Crippen LogP contribution >= 0.6 is 12.2 Å². The Labute approximate surface area is 122 Å². The SMILES string of the molecule is CN(C(=O)c1ccccc1O)c1ccccc1C(N)=S. The van der Waals surface area contributed by atoms with Crippen LogP contribution in [-0.4, -0.2) is 23.0 Å². The van der Waals surface area contributed by atoms with E-state index in [1.807, 2.05) is 0 Å². The molecule has 2 aromatic rings. The van der Waals surface area contributed by atoms with Gasteiger partial charge in [0.2, 0.25) is 0 Å². The van der Waals surface area contributed by atoms with Crippen molar-refractivity contribution in [3.8, 4) is 5.75 Å². The number of benzene rings is 2. The molecule has 1 amide bonds. The van der Waals surface area contributed by atoms with Crippen LogP contribution in [0.3, 0.4) is 0 Å². The van der Waals surface area contributed by atoms with Gasteiger partial charge in [-0.05, 0) is 24.3 Å². The molecule has 102 valence electrons. The van der Waals surface area contributed by atoms with Crippen LogP contribution in [0.2, 0.25) is 0 Å². The quantitative estimate of drug-likeness (QED) is 0.850. The number of rotatable bonds is 3. The zero-order valence-electron chi connectivity index (χ0n) is 10.9. The third-order valence-corrected chi connectivity index (χ3v) is 3.19. The zero-order chi connectivity index (χ0) is 14.7. The summed E-state index contributed by atoms with van der Waals surface area (Å²) in [6.07, 6.45) is 0. The number of phenols is 1. The van der Waals surface area contributed by atoms with E-state index < -0.39 is 0 Å². The van der Waals surface area contributed by atoms with Crippen molar-refractivity contribution >= 4 is 28.8 Å². The van der Waals surface area contributed by atoms with Crippen molar-refractivity contribution in [2.45, 2.75) is 0 Å². The van der Waals surface area contributed by atoms with Crippen LogP contribution in [-0.2, 0) is 0 Å². The molecule has 0 aliphatic rings. The van der Waals surface area contributed by atoms with Gasteiger partial charge in [0, 0.05) is 12.6 Å². The first-order valence-electron chi connectivity index (χ1n) is 5.97. The lowest BCUT2D eigenvalue weighted by atomic mass is 10.1. The predicted octanol–water partition coefficient (Wildman–Crippen LogP) is 2.30. The van der Waals surface area contributed by atoms with E-state index in [0.717, 1.165) is 0 Å². The standard InChI is InChI=1S/C15H14N2O2S/c1-17(12-8-4-2-6-10(12)14(16)20)15(19)11-7-3-5-9-13(11)18/h2-9,18H,1H3,(H2,16,20). The summed E-state index contributed by atoms with van der Waals surface area (Å²) in [5, 5.41) is 9.76. The highest BCUT2D eigenvalue weighted by atomic mass is 32.1. The third-order valence-electron chi connectivity index (χ3n) is 2.97. The summed E-state index contributed by atoms with van der Waals surface area (Å²) in [6.45, 7) is 0. The molecule has 0 bridgehead atoms. The maximum Gasteiger partial charge on any atom is 0.261 e. The molecule has 0 aliphatic carbocycles. The fourth-order valence-electron chi connectivity index (χ4n) is 1.92. The smallest absolute Gasteiger partial charge is 0.261 e. The molecule has 0 heterocycles. The van der Waals surface area contributed by atoms with E-state index in [-0.39, 0.29) is 22.2 Å². The lowest BCUT2D eigenvalue weighted by Crippen LogP contribution is -2.28. The van der Waals surface area contributed by atoms with E-state index in [1.165, 1.54) is 11.0 Å². The van der Waals surface area contributed by atoms with Crippen molar-refractivity contribution in [3.63, 3.8) is 0 Å². The van der Waals surface area contributed by atoms with Crippen molar-refractivity contribution in [3.05, 3.63) is 59.7 Å². The van der Waals surface area contributed by atoms with E-state index >= 15 is 0 Å². The number of phenolic OH excluding ortho intramolecular Hbond substituents is 1. The minimum Gasteiger partial charge on any atom is -0.507 e. The largest absolute Gasteiger partial charge is 0.507 e. The second kappa shape index (κ2) is 5.71. The van der Waals surface area contributed by atoms with Crippen LogP contribution in [0.4, 0.5) is 5.69 Å². The molecule has 0 aliphatic heterocycles. The van der Waals surface area contributed by atoms with Gasteiger partial charge in [-0.25, -0.2) is 0 Å². The first-order valence-corrected chi connectivity index (χ1v) is 6.38. The maximum absolute atomic E-state index is 12.4. The number of nitrogens with zero attached hydrogens (tertiary/aromatic N) is 1. The molecule has 4 nitrogen and oxygen atoms in total. The summed E-state index contributed by atoms with van der Waals surface area (Å²) in [5.74, 6) is -0.385. The molecule has 2 aromatic carbocycles. The van der Waals surface area contributed by atoms with Crippen LogP contribution in [0, 0.1) is 0 Å². The molecule has 2 rings (SSSR count). The van der Waals surface area contributed by atoms with Gasteiger partial charge in [-0.15, -0.1) is 0 Å². The average molecular weight is 286 g/mol. The summed E-state index contributed by atoms with van der Waals surface area (Å²) < 4.78 is 0. The third kappa shape index (κ3) is 2.62. The number of hydrogen-bond donors (Lipinski definition) is 2. The molecule has 0 unspecified atom stereocenters. The lowest BCUT2D eigenvalue weighted by molar-refractivity contribution is 0.0990. The molecule has 0 saturated heterocycles. The van der Waals surface area contributed by atoms with Gasteiger partial charge in [-0.2, -0.15) is 0 Å². The number of carbonyl (C=O) groups is 1. The second-order valence-corrected chi connectivity index (χ2v) is 4.70. The number of amides is 1. The Bertz CT molecular complexity index is 670. The van der Waals surface area contributed by atoms with Gasteiger partial charge >= 0.3 is 0 Å². The van der Waals surface area contributed by atoms with Crippen LogP contribution in [0.25, 0.3) is 0 Å². The molecule has 0 radical (unpaired) electrons. The summed E-state index contributed by atoms with van der Waals surface area (Å²) >= 11 is 4.99. The molecule has 3 N–H and O–H groups in total. The Morgan fingerprint density at radius 1 is 1.10 bits per heavy atom. The van der Waals surface area contributed by atoms with Gasteiger partial charge in [0.15, 0.2) is 0 Å². The van der Waals surface area contributed by atoms with Crippen molar-refractivity contribution in [1.82, 2.24) is 0 Å². The van der Waals surface area contributed by atoms with E-state index in [2.05, 4.69) is 0 Å². The first kappa shape index (κ1) is 14.0. The number of nitrogens with two attached hydrogens (primary N) is 1. The molecule has 0 spiro atoms. The van der Waals surface area contributed by atoms with Gasteiger partial charge in [-0.3, -0.25) is 4.79 Å². The average Bonchev–Trinajstić information content (AvgIpc) is 2.46. The molecule has 5 heteroatoms. The predicted molar refractivity (Wildman–Crippen MR) is 83.2 cm³/mol. The second-order valence-electron chi connectivity index (χ2n) is 4.26. The minimum absolute atomic E-state index is 0.0582. The highest BCUT2D eigenvalue weighted by Crippen LogP contribution is 2.24. The van der Waals surface area contributed by atoms with Crippen molar-refractivity contribution in [1.29, 1.82) is 0 Å². The normalized spacial score (nSPS) is 10.1. The van der Waals surface area contributed by atoms with E-state index in [9.17, 15) is 9.90 Å². The van der Waals surface area contributed by atoms with Gasteiger partial charge in [0.05, 0.1) is 11.3 Å². The summed E-state index contributed by atoms with van der Waals surface area (Å²) in [6, 6.07) is 13.5. The number of thiocarbonyl (C=S) groups is 1. The summed E-state index contributed by atoms with van der Waals surface area (Å²) in [4.78, 5) is 14.1. The highest BCUT2D eigenvalue weighted by molar-refractivity contribution is 7.80. The van der Waals surface area contributed by atoms with Gasteiger partial charge in [0.25, 0.3) is 5.91 Å². The van der Waals surface area contributed by atoms with E-state index in [4.69, 9.17) is 18.0 Å². The Morgan fingerprint density at radius 2 is 1.65 bits per heavy atom. The molecule has 0 aromatic heterocycles. The number of aromatic hydroxyl groups is 1. The number of carbonyl (C=O) groups excluding carboxylic acids is 1.